The van der Waals surface area contributed by atoms with Crippen LogP contribution in [0.25, 0.3) is 0 Å². The third kappa shape index (κ3) is 3.12. The Morgan fingerprint density at radius 3 is 2.00 bits per heavy atom. The standard InChI is InChI=1S/C13H18O4/c1-15-9-13(17-3,10-16-2)12(14)11-7-5-4-6-8-11/h4-8H,9-10H2,1-3H3. The number of ketones is 1. The van der Waals surface area contributed by atoms with E-state index >= 15 is 0 Å². The summed E-state index contributed by atoms with van der Waals surface area (Å²) in [6.45, 7) is 0.316. The molecule has 4 nitrogen and oxygen atoms in total. The van der Waals surface area contributed by atoms with Gasteiger partial charge >= 0.3 is 0 Å². The number of rotatable bonds is 7. The predicted molar refractivity (Wildman–Crippen MR) is 64.3 cm³/mol. The zero-order chi connectivity index (χ0) is 12.7. The van der Waals surface area contributed by atoms with Crippen molar-refractivity contribution >= 4 is 5.78 Å². The van der Waals surface area contributed by atoms with E-state index in [4.69, 9.17) is 14.2 Å². The summed E-state index contributed by atoms with van der Waals surface area (Å²) >= 11 is 0. The van der Waals surface area contributed by atoms with Gasteiger partial charge in [0.05, 0.1) is 13.2 Å². The molecule has 0 heterocycles. The zero-order valence-electron chi connectivity index (χ0n) is 10.4. The largest absolute Gasteiger partial charge is 0.381 e. The van der Waals surface area contributed by atoms with E-state index in [0.717, 1.165) is 0 Å². The van der Waals surface area contributed by atoms with Gasteiger partial charge in [0.25, 0.3) is 0 Å². The molecule has 0 aliphatic carbocycles. The van der Waals surface area contributed by atoms with Crippen molar-refractivity contribution in [1.82, 2.24) is 0 Å². The van der Waals surface area contributed by atoms with Crippen LogP contribution in [0.4, 0.5) is 0 Å². The Bertz CT molecular complexity index is 342. The first-order chi connectivity index (χ1) is 8.20. The first kappa shape index (κ1) is 13.8. The molecule has 0 saturated carbocycles. The second-order valence-electron chi connectivity index (χ2n) is 3.76. The Morgan fingerprint density at radius 2 is 1.59 bits per heavy atom. The molecule has 0 unspecified atom stereocenters. The average molecular weight is 238 g/mol. The second-order valence-corrected chi connectivity index (χ2v) is 3.76. The minimum Gasteiger partial charge on any atom is -0.381 e. The molecular formula is C13H18O4. The van der Waals surface area contributed by atoms with Crippen molar-refractivity contribution in [3.63, 3.8) is 0 Å². The molecule has 0 fully saturated rings. The molecular weight excluding hydrogens is 220 g/mol. The van der Waals surface area contributed by atoms with Gasteiger partial charge in [-0.1, -0.05) is 30.3 Å². The van der Waals surface area contributed by atoms with Crippen LogP contribution in [0.3, 0.4) is 0 Å². The minimum atomic E-state index is -1.08. The lowest BCUT2D eigenvalue weighted by Crippen LogP contribution is -2.49. The SMILES string of the molecule is COCC(COC)(OC)C(=O)c1ccccc1. The maximum absolute atomic E-state index is 12.4. The summed E-state index contributed by atoms with van der Waals surface area (Å²) in [7, 11) is 4.54. The topological polar surface area (TPSA) is 44.8 Å². The van der Waals surface area contributed by atoms with Crippen molar-refractivity contribution in [1.29, 1.82) is 0 Å². The molecule has 0 saturated heterocycles. The Morgan fingerprint density at radius 1 is 1.06 bits per heavy atom. The van der Waals surface area contributed by atoms with Gasteiger partial charge in [-0.15, -0.1) is 0 Å². The van der Waals surface area contributed by atoms with Crippen LogP contribution < -0.4 is 0 Å². The fraction of sp³-hybridized carbons (Fsp3) is 0.462. The van der Waals surface area contributed by atoms with E-state index in [1.54, 1.807) is 12.1 Å². The third-order valence-corrected chi connectivity index (χ3v) is 2.60. The molecule has 0 atom stereocenters. The molecule has 0 bridgehead atoms. The fourth-order valence-corrected chi connectivity index (χ4v) is 1.70. The molecule has 4 heteroatoms. The third-order valence-electron chi connectivity index (χ3n) is 2.60. The van der Waals surface area contributed by atoms with Gasteiger partial charge in [-0.25, -0.2) is 0 Å². The molecule has 0 spiro atoms. The first-order valence-electron chi connectivity index (χ1n) is 5.33. The van der Waals surface area contributed by atoms with Gasteiger partial charge in [-0.3, -0.25) is 4.79 Å². The second kappa shape index (κ2) is 6.49. The number of carbonyl (C=O) groups excluding carboxylic acids is 1. The van der Waals surface area contributed by atoms with Gasteiger partial charge < -0.3 is 14.2 Å². The fourth-order valence-electron chi connectivity index (χ4n) is 1.70. The number of ether oxygens (including phenoxy) is 3. The molecule has 1 aromatic carbocycles. The number of carbonyl (C=O) groups is 1. The van der Waals surface area contributed by atoms with Crippen molar-refractivity contribution in [2.45, 2.75) is 5.60 Å². The van der Waals surface area contributed by atoms with E-state index in [1.165, 1.54) is 21.3 Å². The molecule has 1 rings (SSSR count). The monoisotopic (exact) mass is 238 g/mol. The lowest BCUT2D eigenvalue weighted by molar-refractivity contribution is -0.0774. The van der Waals surface area contributed by atoms with E-state index in [9.17, 15) is 4.79 Å². The summed E-state index contributed by atoms with van der Waals surface area (Å²) < 4.78 is 15.5. The molecule has 94 valence electrons. The highest BCUT2D eigenvalue weighted by molar-refractivity contribution is 6.02. The van der Waals surface area contributed by atoms with Crippen molar-refractivity contribution in [3.05, 3.63) is 35.9 Å². The molecule has 0 radical (unpaired) electrons. The van der Waals surface area contributed by atoms with Crippen molar-refractivity contribution in [3.8, 4) is 0 Å². The predicted octanol–water partition coefficient (Wildman–Crippen LogP) is 1.55. The molecule has 0 aromatic heterocycles. The Hall–Kier alpha value is -1.23. The van der Waals surface area contributed by atoms with Crippen LogP contribution in [0, 0.1) is 0 Å². The number of methoxy groups -OCH3 is 3. The summed E-state index contributed by atoms with van der Waals surface area (Å²) in [5, 5.41) is 0. The van der Waals surface area contributed by atoms with Gasteiger partial charge in [0.2, 0.25) is 0 Å². The molecule has 17 heavy (non-hydrogen) atoms. The highest BCUT2D eigenvalue weighted by atomic mass is 16.6. The summed E-state index contributed by atoms with van der Waals surface area (Å²) in [6.07, 6.45) is 0. The highest BCUT2D eigenvalue weighted by Crippen LogP contribution is 2.18. The number of hydrogen-bond donors (Lipinski definition) is 0. The van der Waals surface area contributed by atoms with Gasteiger partial charge in [-0.2, -0.15) is 0 Å². The summed E-state index contributed by atoms with van der Waals surface area (Å²) in [4.78, 5) is 12.4. The van der Waals surface area contributed by atoms with E-state index < -0.39 is 5.60 Å². The zero-order valence-corrected chi connectivity index (χ0v) is 10.4. The first-order valence-corrected chi connectivity index (χ1v) is 5.33. The highest BCUT2D eigenvalue weighted by Gasteiger charge is 2.39. The van der Waals surface area contributed by atoms with Crippen LogP contribution >= 0.6 is 0 Å². The van der Waals surface area contributed by atoms with Crippen molar-refractivity contribution < 1.29 is 19.0 Å². The van der Waals surface area contributed by atoms with Crippen LogP contribution in [0.5, 0.6) is 0 Å². The summed E-state index contributed by atoms with van der Waals surface area (Å²) in [5.41, 5.74) is -0.492. The van der Waals surface area contributed by atoms with Crippen LogP contribution in [-0.4, -0.2) is 45.9 Å². The van der Waals surface area contributed by atoms with Crippen molar-refractivity contribution in [2.75, 3.05) is 34.5 Å². The quantitative estimate of drug-likeness (QED) is 0.676. The van der Waals surface area contributed by atoms with Crippen LogP contribution in [0.15, 0.2) is 30.3 Å². The summed E-state index contributed by atoms with van der Waals surface area (Å²) in [6, 6.07) is 8.99. The van der Waals surface area contributed by atoms with Crippen LogP contribution in [-0.2, 0) is 14.2 Å². The lowest BCUT2D eigenvalue weighted by atomic mass is 9.94. The number of benzene rings is 1. The number of Topliss-reactive ketones (excluding diaryl/α,β-unsaturated/α-hetero) is 1. The van der Waals surface area contributed by atoms with Crippen LogP contribution in [0.2, 0.25) is 0 Å². The van der Waals surface area contributed by atoms with Gasteiger partial charge in [0, 0.05) is 26.9 Å². The van der Waals surface area contributed by atoms with E-state index in [2.05, 4.69) is 0 Å². The van der Waals surface area contributed by atoms with Gasteiger partial charge in [0.15, 0.2) is 11.4 Å². The molecule has 0 amide bonds. The van der Waals surface area contributed by atoms with Gasteiger partial charge in [-0.05, 0) is 0 Å². The minimum absolute atomic E-state index is 0.135. The lowest BCUT2D eigenvalue weighted by Gasteiger charge is -2.29. The average Bonchev–Trinajstić information content (AvgIpc) is 2.38. The van der Waals surface area contributed by atoms with Gasteiger partial charge in [0.1, 0.15) is 0 Å². The Balaban J connectivity index is 3.01. The smallest absolute Gasteiger partial charge is 0.199 e. The maximum atomic E-state index is 12.4. The van der Waals surface area contributed by atoms with Crippen LogP contribution in [0.1, 0.15) is 10.4 Å². The summed E-state index contributed by atoms with van der Waals surface area (Å²) in [5.74, 6) is -0.135. The van der Waals surface area contributed by atoms with Crippen molar-refractivity contribution in [2.24, 2.45) is 0 Å². The molecule has 0 aliphatic rings. The Labute approximate surface area is 101 Å². The number of hydrogen-bond acceptors (Lipinski definition) is 4. The molecule has 0 N–H and O–H groups in total. The van der Waals surface area contributed by atoms with E-state index in [1.807, 2.05) is 18.2 Å². The van der Waals surface area contributed by atoms with E-state index in [0.29, 0.717) is 5.56 Å². The molecule has 1 aromatic rings. The van der Waals surface area contributed by atoms with E-state index in [-0.39, 0.29) is 19.0 Å². The molecule has 0 aliphatic heterocycles. The Kier molecular flexibility index (Phi) is 5.28. The normalized spacial score (nSPS) is 11.5. The maximum Gasteiger partial charge on any atom is 0.199 e.